The monoisotopic (exact) mass is 384 g/mol. The van der Waals surface area contributed by atoms with Crippen molar-refractivity contribution in [2.75, 3.05) is 13.7 Å². The zero-order valence-corrected chi connectivity index (χ0v) is 17.4. The van der Waals surface area contributed by atoms with Crippen LogP contribution in [0.2, 0.25) is 0 Å². The number of hydrogen-bond donors (Lipinski definition) is 0. The van der Waals surface area contributed by atoms with Gasteiger partial charge in [-0.05, 0) is 76.7 Å². The zero-order chi connectivity index (χ0) is 19.9. The molecule has 2 fully saturated rings. The Balaban J connectivity index is 1.69. The maximum Gasteiger partial charge on any atom is 0.495 e. The van der Waals surface area contributed by atoms with Crippen LogP contribution in [-0.2, 0) is 14.0 Å². The smallest absolute Gasteiger partial charge is 0.495 e. The van der Waals surface area contributed by atoms with Crippen LogP contribution in [0.3, 0.4) is 0 Å². The van der Waals surface area contributed by atoms with Crippen LogP contribution in [0, 0.1) is 0 Å². The normalized spacial score (nSPS) is 23.8. The zero-order valence-electron chi connectivity index (χ0n) is 17.4. The summed E-state index contributed by atoms with van der Waals surface area (Å²) in [4.78, 5) is 0. The number of nitrogens with zero attached hydrogens (tertiary/aromatic N) is 2. The second-order valence-corrected chi connectivity index (χ2v) is 8.54. The van der Waals surface area contributed by atoms with Gasteiger partial charge in [0, 0.05) is 18.4 Å². The van der Waals surface area contributed by atoms with Crippen LogP contribution < -0.4 is 10.2 Å². The van der Waals surface area contributed by atoms with Gasteiger partial charge in [0.15, 0.2) is 0 Å². The van der Waals surface area contributed by atoms with E-state index in [0.29, 0.717) is 0 Å². The Morgan fingerprint density at radius 1 is 1.11 bits per heavy atom. The van der Waals surface area contributed by atoms with Crippen molar-refractivity contribution >= 4 is 12.6 Å². The quantitative estimate of drug-likeness (QED) is 0.755. The molecule has 7 heteroatoms. The Bertz CT molecular complexity index is 827. The van der Waals surface area contributed by atoms with Gasteiger partial charge in [-0.2, -0.15) is 5.10 Å². The number of hydrogen-bond acceptors (Lipinski definition) is 5. The third-order valence-corrected chi connectivity index (χ3v) is 6.10. The molecule has 0 N–H and O–H groups in total. The summed E-state index contributed by atoms with van der Waals surface area (Å²) < 4.78 is 25.8. The van der Waals surface area contributed by atoms with Crippen molar-refractivity contribution in [2.24, 2.45) is 0 Å². The van der Waals surface area contributed by atoms with Crippen LogP contribution in [0.5, 0.6) is 5.75 Å². The highest BCUT2D eigenvalue weighted by Gasteiger charge is 2.52. The molecule has 1 unspecified atom stereocenters. The van der Waals surface area contributed by atoms with Crippen molar-refractivity contribution in [1.29, 1.82) is 0 Å². The highest BCUT2D eigenvalue weighted by atomic mass is 16.7. The van der Waals surface area contributed by atoms with Gasteiger partial charge in [-0.3, -0.25) is 0 Å². The van der Waals surface area contributed by atoms with Crippen molar-refractivity contribution in [3.05, 3.63) is 30.5 Å². The van der Waals surface area contributed by atoms with E-state index in [2.05, 4.69) is 27.7 Å². The highest BCUT2D eigenvalue weighted by Crippen LogP contribution is 2.37. The Morgan fingerprint density at radius 2 is 1.86 bits per heavy atom. The average Bonchev–Trinajstić information content (AvgIpc) is 3.24. The van der Waals surface area contributed by atoms with Crippen molar-refractivity contribution in [3.63, 3.8) is 0 Å². The summed E-state index contributed by atoms with van der Waals surface area (Å²) in [5.74, 6) is 0.767. The lowest BCUT2D eigenvalue weighted by Gasteiger charge is -2.32. The molecule has 0 amide bonds. The van der Waals surface area contributed by atoms with E-state index in [1.807, 2.05) is 35.1 Å². The van der Waals surface area contributed by atoms with Crippen LogP contribution in [-0.4, -0.2) is 41.8 Å². The van der Waals surface area contributed by atoms with Gasteiger partial charge in [0.1, 0.15) is 12.0 Å². The van der Waals surface area contributed by atoms with Crippen molar-refractivity contribution < 1.29 is 18.8 Å². The van der Waals surface area contributed by atoms with Gasteiger partial charge in [-0.1, -0.05) is 0 Å². The fourth-order valence-corrected chi connectivity index (χ4v) is 3.64. The summed E-state index contributed by atoms with van der Waals surface area (Å²) in [5.41, 5.74) is 1.96. The van der Waals surface area contributed by atoms with E-state index >= 15 is 0 Å². The molecule has 2 aromatic rings. The Morgan fingerprint density at radius 3 is 2.50 bits per heavy atom. The molecule has 28 heavy (non-hydrogen) atoms. The Kier molecular flexibility index (Phi) is 5.02. The summed E-state index contributed by atoms with van der Waals surface area (Å²) in [6.07, 6.45) is 5.29. The molecule has 6 nitrogen and oxygen atoms in total. The minimum atomic E-state index is -0.480. The molecule has 2 saturated heterocycles. The van der Waals surface area contributed by atoms with Crippen LogP contribution in [0.1, 0.15) is 53.2 Å². The van der Waals surface area contributed by atoms with Gasteiger partial charge in [-0.15, -0.1) is 0 Å². The van der Waals surface area contributed by atoms with Crippen LogP contribution in [0.25, 0.3) is 11.3 Å². The summed E-state index contributed by atoms with van der Waals surface area (Å²) in [5, 5.41) is 4.80. The lowest BCUT2D eigenvalue weighted by atomic mass is 9.75. The SMILES string of the molecule is COc1ccc(-c2ccn(C3CCCCO3)n2)c(B2OC(C)(C)C(C)(C)O2)c1. The number of aromatic nitrogens is 2. The summed E-state index contributed by atoms with van der Waals surface area (Å²) in [6, 6.07) is 7.97. The molecule has 0 radical (unpaired) electrons. The molecule has 0 aliphatic carbocycles. The molecule has 3 heterocycles. The van der Waals surface area contributed by atoms with Gasteiger partial charge in [0.2, 0.25) is 0 Å². The van der Waals surface area contributed by atoms with Crippen molar-refractivity contribution in [3.8, 4) is 17.0 Å². The van der Waals surface area contributed by atoms with Crippen LogP contribution in [0.4, 0.5) is 0 Å². The fourth-order valence-electron chi connectivity index (χ4n) is 3.64. The molecule has 2 aliphatic rings. The first-order valence-corrected chi connectivity index (χ1v) is 10.0. The molecule has 4 rings (SSSR count). The van der Waals surface area contributed by atoms with Gasteiger partial charge in [-0.25, -0.2) is 4.68 Å². The highest BCUT2D eigenvalue weighted by molar-refractivity contribution is 6.64. The molecule has 1 aromatic heterocycles. The van der Waals surface area contributed by atoms with E-state index in [-0.39, 0.29) is 6.23 Å². The van der Waals surface area contributed by atoms with Crippen LogP contribution in [0.15, 0.2) is 30.5 Å². The van der Waals surface area contributed by atoms with Gasteiger partial charge in [0.25, 0.3) is 0 Å². The van der Waals surface area contributed by atoms with E-state index in [9.17, 15) is 0 Å². The molecular formula is C21H29BN2O4. The lowest BCUT2D eigenvalue weighted by molar-refractivity contribution is -0.0393. The largest absolute Gasteiger partial charge is 0.497 e. The minimum Gasteiger partial charge on any atom is -0.497 e. The molecule has 1 atom stereocenters. The summed E-state index contributed by atoms with van der Waals surface area (Å²) in [7, 11) is 1.18. The second kappa shape index (κ2) is 7.21. The number of methoxy groups -OCH3 is 1. The topological polar surface area (TPSA) is 54.7 Å². The van der Waals surface area contributed by atoms with Crippen LogP contribution >= 0.6 is 0 Å². The first-order chi connectivity index (χ1) is 13.3. The number of benzene rings is 1. The molecular weight excluding hydrogens is 355 g/mol. The number of rotatable bonds is 4. The predicted molar refractivity (Wildman–Crippen MR) is 109 cm³/mol. The molecule has 2 aliphatic heterocycles. The molecule has 0 saturated carbocycles. The summed E-state index contributed by atoms with van der Waals surface area (Å²) >= 11 is 0. The molecule has 150 valence electrons. The lowest BCUT2D eigenvalue weighted by Crippen LogP contribution is -2.41. The first kappa shape index (κ1) is 19.5. The first-order valence-electron chi connectivity index (χ1n) is 10.0. The van der Waals surface area contributed by atoms with Crippen molar-refractivity contribution in [1.82, 2.24) is 9.78 Å². The van der Waals surface area contributed by atoms with E-state index in [4.69, 9.17) is 23.9 Å². The van der Waals surface area contributed by atoms with Gasteiger partial charge >= 0.3 is 7.12 Å². The second-order valence-electron chi connectivity index (χ2n) is 8.54. The number of ether oxygens (including phenoxy) is 2. The van der Waals surface area contributed by atoms with E-state index in [1.165, 1.54) is 6.42 Å². The third-order valence-electron chi connectivity index (χ3n) is 6.10. The van der Waals surface area contributed by atoms with Crippen molar-refractivity contribution in [2.45, 2.75) is 64.4 Å². The molecule has 0 bridgehead atoms. The molecule has 0 spiro atoms. The summed E-state index contributed by atoms with van der Waals surface area (Å²) in [6.45, 7) is 9.02. The van der Waals surface area contributed by atoms with E-state index < -0.39 is 18.3 Å². The predicted octanol–water partition coefficient (Wildman–Crippen LogP) is 3.56. The fraction of sp³-hybridized carbons (Fsp3) is 0.571. The Labute approximate surface area is 167 Å². The maximum absolute atomic E-state index is 6.30. The Hall–Kier alpha value is -1.83. The standard InChI is InChI=1S/C21H29BN2O4/c1-20(2)21(3,4)28-22(27-20)17-14-15(25-5)9-10-16(17)18-11-12-24(23-18)19-8-6-7-13-26-19/h9-12,14,19H,6-8,13H2,1-5H3. The van der Waals surface area contributed by atoms with E-state index in [1.54, 1.807) is 7.11 Å². The molecule has 1 aromatic carbocycles. The third kappa shape index (κ3) is 3.47. The van der Waals surface area contributed by atoms with E-state index in [0.717, 1.165) is 41.9 Å². The average molecular weight is 384 g/mol. The van der Waals surface area contributed by atoms with Gasteiger partial charge < -0.3 is 18.8 Å². The maximum atomic E-state index is 6.30. The van der Waals surface area contributed by atoms with Gasteiger partial charge in [0.05, 0.1) is 24.0 Å². The minimum absolute atomic E-state index is 0.0149.